The highest BCUT2D eigenvalue weighted by molar-refractivity contribution is 5.69. The molecule has 1 aromatic rings. The van der Waals surface area contributed by atoms with E-state index in [1.807, 2.05) is 44.7 Å². The first-order valence-electron chi connectivity index (χ1n) is 8.69. The van der Waals surface area contributed by atoms with Crippen LogP contribution in [0.5, 0.6) is 5.75 Å². The number of likely N-dealkylation sites (tertiary alicyclic amines) is 1. The lowest BCUT2D eigenvalue weighted by molar-refractivity contribution is 0.0269. The molecule has 3 rings (SSSR count). The Labute approximate surface area is 144 Å². The molecule has 1 saturated heterocycles. The van der Waals surface area contributed by atoms with Crippen LogP contribution in [-0.4, -0.2) is 40.8 Å². The number of amides is 1. The first kappa shape index (κ1) is 17.1. The molecule has 0 radical (unpaired) electrons. The lowest BCUT2D eigenvalue weighted by atomic mass is 10.0. The lowest BCUT2D eigenvalue weighted by Crippen LogP contribution is -2.39. The fraction of sp³-hybridized carbons (Fsp3) is 0.632. The Hall–Kier alpha value is -1.75. The van der Waals surface area contributed by atoms with E-state index < -0.39 is 5.60 Å². The van der Waals surface area contributed by atoms with Crippen molar-refractivity contribution < 1.29 is 14.6 Å². The van der Waals surface area contributed by atoms with Crippen molar-refractivity contribution in [3.63, 3.8) is 0 Å². The van der Waals surface area contributed by atoms with Crippen molar-refractivity contribution in [2.24, 2.45) is 11.8 Å². The highest BCUT2D eigenvalue weighted by Crippen LogP contribution is 2.47. The van der Waals surface area contributed by atoms with Crippen LogP contribution in [0.3, 0.4) is 0 Å². The number of ether oxygens (including phenoxy) is 1. The molecule has 1 aromatic carbocycles. The van der Waals surface area contributed by atoms with Crippen LogP contribution >= 0.6 is 0 Å². The summed E-state index contributed by atoms with van der Waals surface area (Å²) in [6.45, 7) is 11.2. The van der Waals surface area contributed by atoms with Gasteiger partial charge in [-0.3, -0.25) is 0 Å². The monoisotopic (exact) mass is 332 g/mol. The molecule has 1 heterocycles. The smallest absolute Gasteiger partial charge is 0.410 e. The van der Waals surface area contributed by atoms with E-state index in [9.17, 15) is 9.90 Å². The maximum absolute atomic E-state index is 12.1. The fourth-order valence-electron chi connectivity index (χ4n) is 3.65. The van der Waals surface area contributed by atoms with Gasteiger partial charge < -0.3 is 20.1 Å². The average Bonchev–Trinajstić information content (AvgIpc) is 2.90. The number of fused-ring (bicyclic) bond motifs is 1. The number of nitrogens with one attached hydrogen (secondary N) is 1. The molecule has 1 saturated carbocycles. The van der Waals surface area contributed by atoms with Gasteiger partial charge in [0.15, 0.2) is 0 Å². The van der Waals surface area contributed by atoms with Crippen molar-refractivity contribution in [3.05, 3.63) is 29.3 Å². The van der Waals surface area contributed by atoms with E-state index in [0.717, 1.165) is 24.2 Å². The van der Waals surface area contributed by atoms with Gasteiger partial charge in [-0.25, -0.2) is 4.79 Å². The Morgan fingerprint density at radius 3 is 2.50 bits per heavy atom. The standard InChI is InChI=1S/C19H28N2O3/c1-11-6-7-13(16(22)8-11)12(2)20-17-14-9-21(10-15(14)17)18(23)24-19(3,4)5/h6-8,12,14-15,17,20,22H,9-10H2,1-5H3. The van der Waals surface area contributed by atoms with Gasteiger partial charge in [0.25, 0.3) is 0 Å². The van der Waals surface area contributed by atoms with Crippen molar-refractivity contribution in [1.82, 2.24) is 10.2 Å². The number of piperidine rings is 1. The Morgan fingerprint density at radius 1 is 1.33 bits per heavy atom. The van der Waals surface area contributed by atoms with Gasteiger partial charge in [-0.2, -0.15) is 0 Å². The van der Waals surface area contributed by atoms with E-state index in [2.05, 4.69) is 12.2 Å². The van der Waals surface area contributed by atoms with Crippen LogP contribution in [0.25, 0.3) is 0 Å². The summed E-state index contributed by atoms with van der Waals surface area (Å²) in [5.74, 6) is 1.33. The highest BCUT2D eigenvalue weighted by Gasteiger charge is 2.57. The summed E-state index contributed by atoms with van der Waals surface area (Å²) in [6, 6.07) is 6.31. The summed E-state index contributed by atoms with van der Waals surface area (Å²) in [4.78, 5) is 13.9. The summed E-state index contributed by atoms with van der Waals surface area (Å²) >= 11 is 0. The number of hydrogen-bond donors (Lipinski definition) is 2. The minimum absolute atomic E-state index is 0.0937. The summed E-state index contributed by atoms with van der Waals surface area (Å²) < 4.78 is 5.44. The second-order valence-electron chi connectivity index (χ2n) is 8.19. The van der Waals surface area contributed by atoms with Gasteiger partial charge in [0, 0.05) is 30.7 Å². The van der Waals surface area contributed by atoms with E-state index in [0.29, 0.717) is 23.6 Å². The lowest BCUT2D eigenvalue weighted by Gasteiger charge is -2.26. The molecule has 3 unspecified atom stereocenters. The van der Waals surface area contributed by atoms with Crippen molar-refractivity contribution in [3.8, 4) is 5.75 Å². The Balaban J connectivity index is 1.52. The van der Waals surface area contributed by atoms with Gasteiger partial charge in [0.2, 0.25) is 0 Å². The van der Waals surface area contributed by atoms with Crippen molar-refractivity contribution in [2.75, 3.05) is 13.1 Å². The van der Waals surface area contributed by atoms with E-state index in [1.165, 1.54) is 0 Å². The minimum Gasteiger partial charge on any atom is -0.508 e. The molecular weight excluding hydrogens is 304 g/mol. The van der Waals surface area contributed by atoms with Gasteiger partial charge in [-0.05, 0) is 58.1 Å². The Kier molecular flexibility index (Phi) is 4.24. The number of aromatic hydroxyl groups is 1. The summed E-state index contributed by atoms with van der Waals surface area (Å²) in [7, 11) is 0. The van der Waals surface area contributed by atoms with Crippen LogP contribution < -0.4 is 5.32 Å². The molecule has 0 spiro atoms. The molecule has 2 N–H and O–H groups in total. The number of hydrogen-bond acceptors (Lipinski definition) is 4. The van der Waals surface area contributed by atoms with E-state index >= 15 is 0 Å². The predicted molar refractivity (Wildman–Crippen MR) is 93.0 cm³/mol. The summed E-state index contributed by atoms with van der Waals surface area (Å²) in [5, 5.41) is 13.7. The largest absolute Gasteiger partial charge is 0.508 e. The van der Waals surface area contributed by atoms with Crippen LogP contribution in [0.1, 0.15) is 44.9 Å². The van der Waals surface area contributed by atoms with Crippen LogP contribution in [0.15, 0.2) is 18.2 Å². The Bertz CT molecular complexity index is 626. The number of benzene rings is 1. The number of aryl methyl sites for hydroxylation is 1. The predicted octanol–water partition coefficient (Wildman–Crippen LogP) is 3.22. The van der Waals surface area contributed by atoms with Crippen LogP contribution in [0.4, 0.5) is 4.79 Å². The zero-order chi connectivity index (χ0) is 17.6. The molecule has 0 bridgehead atoms. The quantitative estimate of drug-likeness (QED) is 0.892. The van der Waals surface area contributed by atoms with E-state index in [4.69, 9.17) is 4.74 Å². The molecule has 24 heavy (non-hydrogen) atoms. The van der Waals surface area contributed by atoms with E-state index in [-0.39, 0.29) is 12.1 Å². The summed E-state index contributed by atoms with van der Waals surface area (Å²) in [5.41, 5.74) is 1.54. The SMILES string of the molecule is Cc1ccc(C(C)NC2C3CN(C(=O)OC(C)(C)C)CC32)c(O)c1. The number of phenols is 1. The molecule has 5 nitrogen and oxygen atoms in total. The number of rotatable bonds is 3. The molecule has 2 aliphatic rings. The van der Waals surface area contributed by atoms with Gasteiger partial charge in [0.05, 0.1) is 0 Å². The van der Waals surface area contributed by atoms with Crippen LogP contribution in [0, 0.1) is 18.8 Å². The average molecular weight is 332 g/mol. The third-order valence-corrected chi connectivity index (χ3v) is 4.94. The third kappa shape index (κ3) is 3.51. The summed E-state index contributed by atoms with van der Waals surface area (Å²) in [6.07, 6.45) is -0.210. The van der Waals surface area contributed by atoms with Gasteiger partial charge in [-0.1, -0.05) is 12.1 Å². The first-order chi connectivity index (χ1) is 11.2. The molecule has 1 amide bonds. The minimum atomic E-state index is -0.445. The van der Waals surface area contributed by atoms with Crippen molar-refractivity contribution in [2.45, 2.75) is 52.3 Å². The molecular formula is C19H28N2O3. The molecule has 132 valence electrons. The van der Waals surface area contributed by atoms with Gasteiger partial charge in [-0.15, -0.1) is 0 Å². The second kappa shape index (κ2) is 5.96. The van der Waals surface area contributed by atoms with Crippen molar-refractivity contribution in [1.29, 1.82) is 0 Å². The maximum Gasteiger partial charge on any atom is 0.410 e. The topological polar surface area (TPSA) is 61.8 Å². The van der Waals surface area contributed by atoms with Crippen LogP contribution in [0.2, 0.25) is 0 Å². The molecule has 3 atom stereocenters. The van der Waals surface area contributed by atoms with Gasteiger partial charge in [0.1, 0.15) is 11.4 Å². The number of phenolic OH excluding ortho intramolecular Hbond substituents is 1. The second-order valence-corrected chi connectivity index (χ2v) is 8.19. The molecule has 5 heteroatoms. The zero-order valence-electron chi connectivity index (χ0n) is 15.2. The normalized spacial score (nSPS) is 26.9. The first-order valence-corrected chi connectivity index (χ1v) is 8.69. The van der Waals surface area contributed by atoms with E-state index in [1.54, 1.807) is 6.07 Å². The number of carbonyl (C=O) groups excluding carboxylic acids is 1. The third-order valence-electron chi connectivity index (χ3n) is 4.94. The number of carbonyl (C=O) groups is 1. The number of nitrogens with zero attached hydrogens (tertiary/aromatic N) is 1. The maximum atomic E-state index is 12.1. The molecule has 0 aromatic heterocycles. The van der Waals surface area contributed by atoms with Crippen molar-refractivity contribution >= 4 is 6.09 Å². The highest BCUT2D eigenvalue weighted by atomic mass is 16.6. The molecule has 1 aliphatic carbocycles. The zero-order valence-corrected chi connectivity index (χ0v) is 15.2. The van der Waals surface area contributed by atoms with Crippen LogP contribution in [-0.2, 0) is 4.74 Å². The molecule has 2 fully saturated rings. The molecule has 1 aliphatic heterocycles. The Morgan fingerprint density at radius 2 is 1.96 bits per heavy atom. The van der Waals surface area contributed by atoms with Gasteiger partial charge >= 0.3 is 6.09 Å². The fourth-order valence-corrected chi connectivity index (χ4v) is 3.65.